The van der Waals surface area contributed by atoms with E-state index in [1.54, 1.807) is 7.11 Å². The zero-order chi connectivity index (χ0) is 18.4. The number of rotatable bonds is 7. The quantitative estimate of drug-likeness (QED) is 0.632. The molecule has 2 amide bonds. The van der Waals surface area contributed by atoms with E-state index in [9.17, 15) is 4.79 Å². The van der Waals surface area contributed by atoms with Gasteiger partial charge in [-0.3, -0.25) is 0 Å². The zero-order valence-corrected chi connectivity index (χ0v) is 14.8. The minimum atomic E-state index is -0.267. The predicted octanol–water partition coefficient (Wildman–Crippen LogP) is 3.88. The van der Waals surface area contributed by atoms with Crippen molar-refractivity contribution < 1.29 is 18.7 Å². The van der Waals surface area contributed by atoms with Crippen molar-refractivity contribution in [3.8, 4) is 11.5 Å². The smallest absolute Gasteiger partial charge is 0.315 e. The second-order valence-corrected chi connectivity index (χ2v) is 5.83. The number of amides is 2. The van der Waals surface area contributed by atoms with Crippen LogP contribution in [-0.2, 0) is 0 Å². The van der Waals surface area contributed by atoms with E-state index in [4.69, 9.17) is 13.9 Å². The first kappa shape index (κ1) is 17.7. The second kappa shape index (κ2) is 8.29. The summed E-state index contributed by atoms with van der Waals surface area (Å²) >= 11 is 0. The largest absolute Gasteiger partial charge is 0.497 e. The summed E-state index contributed by atoms with van der Waals surface area (Å²) in [4.78, 5) is 12.0. The number of carbonyl (C=O) groups excluding carboxylic acids is 1. The third-order valence-corrected chi connectivity index (χ3v) is 3.93. The summed E-state index contributed by atoms with van der Waals surface area (Å²) in [7, 11) is 1.62. The van der Waals surface area contributed by atoms with Gasteiger partial charge in [-0.1, -0.05) is 18.2 Å². The molecule has 0 aliphatic rings. The van der Waals surface area contributed by atoms with Gasteiger partial charge in [-0.25, -0.2) is 4.79 Å². The molecule has 6 nitrogen and oxygen atoms in total. The van der Waals surface area contributed by atoms with Gasteiger partial charge in [-0.15, -0.1) is 0 Å². The average molecular weight is 354 g/mol. The van der Waals surface area contributed by atoms with Gasteiger partial charge in [0.25, 0.3) is 0 Å². The van der Waals surface area contributed by atoms with Crippen LogP contribution in [0.3, 0.4) is 0 Å². The Labute approximate surface area is 152 Å². The van der Waals surface area contributed by atoms with E-state index < -0.39 is 0 Å². The van der Waals surface area contributed by atoms with Crippen molar-refractivity contribution in [2.45, 2.75) is 13.0 Å². The zero-order valence-electron chi connectivity index (χ0n) is 14.8. The third kappa shape index (κ3) is 4.47. The maximum atomic E-state index is 12.0. The maximum absolute atomic E-state index is 12.0. The highest BCUT2D eigenvalue weighted by molar-refractivity contribution is 5.78. The van der Waals surface area contributed by atoms with Crippen LogP contribution in [0.15, 0.2) is 59.0 Å². The molecule has 136 valence electrons. The molecular weight excluding hydrogens is 332 g/mol. The van der Waals surface area contributed by atoms with Gasteiger partial charge in [0.2, 0.25) is 0 Å². The first-order chi connectivity index (χ1) is 12.7. The molecule has 1 unspecified atom stereocenters. The number of benzene rings is 2. The summed E-state index contributed by atoms with van der Waals surface area (Å²) in [6, 6.07) is 16.5. The molecule has 0 saturated carbocycles. The summed E-state index contributed by atoms with van der Waals surface area (Å²) in [6.45, 7) is 2.65. The van der Waals surface area contributed by atoms with Crippen LogP contribution in [0.1, 0.15) is 18.7 Å². The number of para-hydroxylation sites is 1. The second-order valence-electron chi connectivity index (χ2n) is 5.83. The van der Waals surface area contributed by atoms with E-state index in [0.29, 0.717) is 13.2 Å². The average Bonchev–Trinajstić information content (AvgIpc) is 3.10. The lowest BCUT2D eigenvalue weighted by molar-refractivity contribution is 0.232. The van der Waals surface area contributed by atoms with Crippen LogP contribution >= 0.6 is 0 Å². The van der Waals surface area contributed by atoms with Gasteiger partial charge in [-0.05, 0) is 43.3 Å². The molecule has 3 rings (SSSR count). The highest BCUT2D eigenvalue weighted by Crippen LogP contribution is 2.23. The van der Waals surface area contributed by atoms with Crippen LogP contribution in [0, 0.1) is 0 Å². The fraction of sp³-hybridized carbons (Fsp3) is 0.250. The Hall–Kier alpha value is -3.15. The lowest BCUT2D eigenvalue weighted by Gasteiger charge is -2.13. The van der Waals surface area contributed by atoms with E-state index in [2.05, 4.69) is 10.6 Å². The Kier molecular flexibility index (Phi) is 5.63. The van der Waals surface area contributed by atoms with Gasteiger partial charge in [0.15, 0.2) is 0 Å². The highest BCUT2D eigenvalue weighted by atomic mass is 16.5. The summed E-state index contributed by atoms with van der Waals surface area (Å²) in [5.74, 6) is 2.22. The summed E-state index contributed by atoms with van der Waals surface area (Å²) in [6.07, 6.45) is 0. The molecule has 0 radical (unpaired) electrons. The van der Waals surface area contributed by atoms with Crippen LogP contribution in [0.4, 0.5) is 4.79 Å². The fourth-order valence-electron chi connectivity index (χ4n) is 2.54. The Morgan fingerprint density at radius 3 is 2.58 bits per heavy atom. The van der Waals surface area contributed by atoms with Crippen molar-refractivity contribution in [3.63, 3.8) is 0 Å². The summed E-state index contributed by atoms with van der Waals surface area (Å²) in [5.41, 5.74) is 0.810. The summed E-state index contributed by atoms with van der Waals surface area (Å²) < 4.78 is 16.4. The third-order valence-electron chi connectivity index (χ3n) is 3.93. The van der Waals surface area contributed by atoms with Gasteiger partial charge in [0.1, 0.15) is 29.4 Å². The molecule has 0 aliphatic carbocycles. The normalized spacial score (nSPS) is 11.8. The Morgan fingerprint density at radius 2 is 1.85 bits per heavy atom. The molecule has 1 aromatic heterocycles. The molecule has 2 N–H and O–H groups in total. The first-order valence-corrected chi connectivity index (χ1v) is 8.45. The van der Waals surface area contributed by atoms with Gasteiger partial charge in [0, 0.05) is 5.39 Å². The van der Waals surface area contributed by atoms with E-state index in [0.717, 1.165) is 28.2 Å². The number of ether oxygens (including phenoxy) is 2. The number of hydrogen-bond donors (Lipinski definition) is 2. The SMILES string of the molecule is COc1ccc(OCCNC(=O)NC(C)c2cc3ccccc3o2)cc1. The topological polar surface area (TPSA) is 72.7 Å². The van der Waals surface area contributed by atoms with Crippen molar-refractivity contribution in [3.05, 3.63) is 60.4 Å². The molecule has 0 spiro atoms. The Balaban J connectivity index is 1.41. The number of carbonyl (C=O) groups is 1. The Morgan fingerprint density at radius 1 is 1.12 bits per heavy atom. The van der Waals surface area contributed by atoms with Crippen molar-refractivity contribution in [2.24, 2.45) is 0 Å². The van der Waals surface area contributed by atoms with Crippen LogP contribution in [-0.4, -0.2) is 26.3 Å². The van der Waals surface area contributed by atoms with E-state index in [1.165, 1.54) is 0 Å². The molecule has 2 aromatic carbocycles. The molecule has 1 atom stereocenters. The molecule has 0 fully saturated rings. The standard InChI is InChI=1S/C20H22N2O4/c1-14(19-13-15-5-3-4-6-18(15)26-19)22-20(23)21-11-12-25-17-9-7-16(24-2)8-10-17/h3-10,13-14H,11-12H2,1-2H3,(H2,21,22,23). The van der Waals surface area contributed by atoms with E-state index in [-0.39, 0.29) is 12.1 Å². The lowest BCUT2D eigenvalue weighted by atomic mass is 10.2. The molecule has 0 bridgehead atoms. The number of fused-ring (bicyclic) bond motifs is 1. The van der Waals surface area contributed by atoms with Gasteiger partial charge >= 0.3 is 6.03 Å². The van der Waals surface area contributed by atoms with Gasteiger partial charge < -0.3 is 24.5 Å². The fourth-order valence-corrected chi connectivity index (χ4v) is 2.54. The number of furan rings is 1. The molecular formula is C20H22N2O4. The van der Waals surface area contributed by atoms with Crippen molar-refractivity contribution in [2.75, 3.05) is 20.3 Å². The van der Waals surface area contributed by atoms with Crippen LogP contribution in [0.25, 0.3) is 11.0 Å². The molecule has 0 aliphatic heterocycles. The summed E-state index contributed by atoms with van der Waals surface area (Å²) in [5, 5.41) is 6.64. The molecule has 3 aromatic rings. The molecule has 0 saturated heterocycles. The highest BCUT2D eigenvalue weighted by Gasteiger charge is 2.13. The van der Waals surface area contributed by atoms with Crippen molar-refractivity contribution in [1.82, 2.24) is 10.6 Å². The van der Waals surface area contributed by atoms with E-state index >= 15 is 0 Å². The van der Waals surface area contributed by atoms with Gasteiger partial charge in [0.05, 0.1) is 19.7 Å². The van der Waals surface area contributed by atoms with Crippen LogP contribution in [0.2, 0.25) is 0 Å². The van der Waals surface area contributed by atoms with Crippen LogP contribution < -0.4 is 20.1 Å². The molecule has 6 heteroatoms. The number of nitrogens with one attached hydrogen (secondary N) is 2. The number of urea groups is 1. The number of methoxy groups -OCH3 is 1. The molecule has 26 heavy (non-hydrogen) atoms. The Bertz CT molecular complexity index is 825. The molecule has 1 heterocycles. The maximum Gasteiger partial charge on any atom is 0.315 e. The minimum absolute atomic E-state index is 0.232. The predicted molar refractivity (Wildman–Crippen MR) is 99.7 cm³/mol. The van der Waals surface area contributed by atoms with E-state index in [1.807, 2.05) is 61.5 Å². The lowest BCUT2D eigenvalue weighted by Crippen LogP contribution is -2.38. The van der Waals surface area contributed by atoms with Crippen LogP contribution in [0.5, 0.6) is 11.5 Å². The van der Waals surface area contributed by atoms with Crippen molar-refractivity contribution >= 4 is 17.0 Å². The first-order valence-electron chi connectivity index (χ1n) is 8.45. The minimum Gasteiger partial charge on any atom is -0.497 e. The number of hydrogen-bond acceptors (Lipinski definition) is 4. The van der Waals surface area contributed by atoms with Gasteiger partial charge in [-0.2, -0.15) is 0 Å². The van der Waals surface area contributed by atoms with Crippen molar-refractivity contribution in [1.29, 1.82) is 0 Å². The monoisotopic (exact) mass is 354 g/mol.